The molecule has 0 atom stereocenters. The molecule has 0 aliphatic carbocycles. The quantitative estimate of drug-likeness (QED) is 0.897. The van der Waals surface area contributed by atoms with Crippen LogP contribution in [0.25, 0.3) is 0 Å². The van der Waals surface area contributed by atoms with Gasteiger partial charge in [-0.15, -0.1) is 11.3 Å². The molecular formula is C12H14BrN3OS. The van der Waals surface area contributed by atoms with E-state index in [4.69, 9.17) is 0 Å². The highest BCUT2D eigenvalue weighted by molar-refractivity contribution is 9.10. The van der Waals surface area contributed by atoms with Crippen molar-refractivity contribution in [3.05, 3.63) is 32.1 Å². The number of anilines is 1. The van der Waals surface area contributed by atoms with E-state index in [0.29, 0.717) is 16.6 Å². The lowest BCUT2D eigenvalue weighted by molar-refractivity contribution is 0.102. The Kier molecular flexibility index (Phi) is 3.87. The first-order chi connectivity index (χ1) is 8.49. The normalized spacial score (nSPS) is 10.9. The van der Waals surface area contributed by atoms with Crippen molar-refractivity contribution >= 4 is 39.0 Å². The number of nitrogens with zero attached hydrogens (tertiary/aromatic N) is 1. The molecular weight excluding hydrogens is 314 g/mol. The van der Waals surface area contributed by atoms with Gasteiger partial charge in [-0.1, -0.05) is 13.8 Å². The van der Waals surface area contributed by atoms with Gasteiger partial charge in [0, 0.05) is 16.2 Å². The van der Waals surface area contributed by atoms with Crippen molar-refractivity contribution in [3.8, 4) is 0 Å². The molecule has 96 valence electrons. The number of nitrogens with one attached hydrogen (secondary N) is 2. The molecule has 0 saturated heterocycles. The van der Waals surface area contributed by atoms with Crippen LogP contribution in [0.1, 0.15) is 40.7 Å². The topological polar surface area (TPSA) is 57.8 Å². The number of carbonyl (C=O) groups excluding carboxylic acids is 1. The summed E-state index contributed by atoms with van der Waals surface area (Å²) in [5.41, 5.74) is 2.07. The van der Waals surface area contributed by atoms with E-state index in [1.807, 2.05) is 18.4 Å². The monoisotopic (exact) mass is 327 g/mol. The fourth-order valence-corrected chi connectivity index (χ4v) is 3.01. The van der Waals surface area contributed by atoms with Crippen molar-refractivity contribution in [2.24, 2.45) is 0 Å². The predicted octanol–water partition coefficient (Wildman–Crippen LogP) is 3.92. The van der Waals surface area contributed by atoms with Gasteiger partial charge in [-0.05, 0) is 39.7 Å². The molecule has 2 heterocycles. The Morgan fingerprint density at radius 2 is 2.28 bits per heavy atom. The Balaban J connectivity index is 2.14. The summed E-state index contributed by atoms with van der Waals surface area (Å²) in [4.78, 5) is 12.7. The number of aryl methyl sites for hydroxylation is 1. The molecule has 6 heteroatoms. The van der Waals surface area contributed by atoms with Crippen LogP contribution in [-0.2, 0) is 0 Å². The molecule has 0 aromatic carbocycles. The van der Waals surface area contributed by atoms with Crippen molar-refractivity contribution in [2.45, 2.75) is 26.7 Å². The summed E-state index contributed by atoms with van der Waals surface area (Å²) in [5, 5.41) is 11.7. The molecule has 18 heavy (non-hydrogen) atoms. The molecule has 2 aromatic rings. The van der Waals surface area contributed by atoms with Crippen LogP contribution in [0, 0.1) is 6.92 Å². The fourth-order valence-electron chi connectivity index (χ4n) is 1.45. The Morgan fingerprint density at radius 1 is 1.56 bits per heavy atom. The average molecular weight is 328 g/mol. The number of aromatic amines is 1. The summed E-state index contributed by atoms with van der Waals surface area (Å²) in [6, 6.07) is 1.86. The highest BCUT2D eigenvalue weighted by Crippen LogP contribution is 2.28. The van der Waals surface area contributed by atoms with E-state index >= 15 is 0 Å². The first kappa shape index (κ1) is 13.3. The molecule has 0 aliphatic rings. The summed E-state index contributed by atoms with van der Waals surface area (Å²) in [5.74, 6) is 0.780. The number of H-pyrrole nitrogens is 1. The van der Waals surface area contributed by atoms with Gasteiger partial charge in [0.1, 0.15) is 4.88 Å². The molecule has 4 nitrogen and oxygen atoms in total. The largest absolute Gasteiger partial charge is 0.304 e. The summed E-state index contributed by atoms with van der Waals surface area (Å²) in [6.45, 7) is 6.10. The van der Waals surface area contributed by atoms with Crippen LogP contribution in [0.2, 0.25) is 0 Å². The van der Waals surface area contributed by atoms with Crippen LogP contribution < -0.4 is 5.32 Å². The van der Waals surface area contributed by atoms with Gasteiger partial charge in [-0.25, -0.2) is 0 Å². The third kappa shape index (κ3) is 2.64. The molecule has 0 spiro atoms. The van der Waals surface area contributed by atoms with Crippen molar-refractivity contribution < 1.29 is 4.79 Å². The second-order valence-corrected chi connectivity index (χ2v) is 6.05. The first-order valence-electron chi connectivity index (χ1n) is 5.59. The minimum atomic E-state index is -0.137. The lowest BCUT2D eigenvalue weighted by Gasteiger charge is -2.00. The third-order valence-corrected chi connectivity index (χ3v) is 4.95. The van der Waals surface area contributed by atoms with Gasteiger partial charge in [0.05, 0.1) is 0 Å². The Morgan fingerprint density at radius 3 is 2.78 bits per heavy atom. The lowest BCUT2D eigenvalue weighted by atomic mass is 10.1. The number of hydrogen-bond acceptors (Lipinski definition) is 3. The van der Waals surface area contributed by atoms with E-state index < -0.39 is 0 Å². The molecule has 2 N–H and O–H groups in total. The van der Waals surface area contributed by atoms with Crippen molar-refractivity contribution in [1.82, 2.24) is 10.2 Å². The molecule has 0 radical (unpaired) electrons. The number of carbonyl (C=O) groups is 1. The molecule has 0 fully saturated rings. The van der Waals surface area contributed by atoms with E-state index in [-0.39, 0.29) is 5.91 Å². The van der Waals surface area contributed by atoms with Crippen molar-refractivity contribution in [1.29, 1.82) is 0 Å². The van der Waals surface area contributed by atoms with Gasteiger partial charge >= 0.3 is 0 Å². The zero-order valence-corrected chi connectivity index (χ0v) is 12.8. The number of halogens is 1. The van der Waals surface area contributed by atoms with Crippen LogP contribution in [0.5, 0.6) is 0 Å². The Labute approximate surface area is 118 Å². The van der Waals surface area contributed by atoms with Gasteiger partial charge in [-0.3, -0.25) is 9.89 Å². The molecule has 0 bridgehead atoms. The minimum Gasteiger partial charge on any atom is -0.304 e. The van der Waals surface area contributed by atoms with Gasteiger partial charge in [0.2, 0.25) is 0 Å². The Hall–Kier alpha value is -1.14. The lowest BCUT2D eigenvalue weighted by Crippen LogP contribution is -2.11. The maximum atomic E-state index is 12.0. The summed E-state index contributed by atoms with van der Waals surface area (Å²) in [6.07, 6.45) is 0. The Bertz CT molecular complexity index is 574. The molecule has 0 unspecified atom stereocenters. The van der Waals surface area contributed by atoms with E-state index in [1.54, 1.807) is 0 Å². The standard InChI is InChI=1S/C12H14BrN3OS/c1-6(2)8-4-9(16-15-8)14-12(17)11-10(13)7(3)5-18-11/h4-6H,1-3H3,(H2,14,15,16,17). The number of hydrogen-bond donors (Lipinski definition) is 2. The van der Waals surface area contributed by atoms with Crippen molar-refractivity contribution in [2.75, 3.05) is 5.32 Å². The van der Waals surface area contributed by atoms with Crippen LogP contribution in [0.3, 0.4) is 0 Å². The highest BCUT2D eigenvalue weighted by atomic mass is 79.9. The van der Waals surface area contributed by atoms with Crippen LogP contribution in [0.4, 0.5) is 5.82 Å². The van der Waals surface area contributed by atoms with E-state index in [0.717, 1.165) is 15.7 Å². The predicted molar refractivity (Wildman–Crippen MR) is 77.4 cm³/mol. The van der Waals surface area contributed by atoms with Crippen LogP contribution in [-0.4, -0.2) is 16.1 Å². The van der Waals surface area contributed by atoms with Crippen molar-refractivity contribution in [3.63, 3.8) is 0 Å². The van der Waals surface area contributed by atoms with Gasteiger partial charge in [-0.2, -0.15) is 5.10 Å². The fraction of sp³-hybridized carbons (Fsp3) is 0.333. The summed E-state index contributed by atoms with van der Waals surface area (Å²) in [7, 11) is 0. The number of amides is 1. The SMILES string of the molecule is Cc1csc(C(=O)Nc2cc(C(C)C)[nH]n2)c1Br. The second kappa shape index (κ2) is 5.24. The highest BCUT2D eigenvalue weighted by Gasteiger charge is 2.15. The third-order valence-electron chi connectivity index (χ3n) is 2.57. The number of aromatic nitrogens is 2. The molecule has 0 saturated carbocycles. The molecule has 2 aromatic heterocycles. The molecule has 2 rings (SSSR count). The maximum Gasteiger partial charge on any atom is 0.268 e. The zero-order chi connectivity index (χ0) is 13.3. The second-order valence-electron chi connectivity index (χ2n) is 4.38. The van der Waals surface area contributed by atoms with Crippen LogP contribution in [0.15, 0.2) is 15.9 Å². The minimum absolute atomic E-state index is 0.137. The number of thiophene rings is 1. The molecule has 1 amide bonds. The van der Waals surface area contributed by atoms with E-state index in [1.165, 1.54) is 11.3 Å². The number of rotatable bonds is 3. The maximum absolute atomic E-state index is 12.0. The van der Waals surface area contributed by atoms with Gasteiger partial charge in [0.25, 0.3) is 5.91 Å². The summed E-state index contributed by atoms with van der Waals surface area (Å²) >= 11 is 4.83. The van der Waals surface area contributed by atoms with Gasteiger partial charge in [0.15, 0.2) is 5.82 Å². The summed E-state index contributed by atoms with van der Waals surface area (Å²) < 4.78 is 0.851. The zero-order valence-electron chi connectivity index (χ0n) is 10.4. The van der Waals surface area contributed by atoms with Gasteiger partial charge < -0.3 is 5.32 Å². The average Bonchev–Trinajstić information content (AvgIpc) is 2.88. The molecule has 0 aliphatic heterocycles. The first-order valence-corrected chi connectivity index (χ1v) is 7.26. The van der Waals surface area contributed by atoms with Crippen LogP contribution >= 0.6 is 27.3 Å². The van der Waals surface area contributed by atoms with E-state index in [2.05, 4.69) is 45.3 Å². The van der Waals surface area contributed by atoms with E-state index in [9.17, 15) is 4.79 Å². The smallest absolute Gasteiger partial charge is 0.268 e.